The highest BCUT2D eigenvalue weighted by atomic mass is 32.1. The van der Waals surface area contributed by atoms with Crippen molar-refractivity contribution in [1.29, 1.82) is 0 Å². The highest BCUT2D eigenvalue weighted by Gasteiger charge is 2.05. The zero-order valence-electron chi connectivity index (χ0n) is 10.3. The van der Waals surface area contributed by atoms with Crippen LogP contribution >= 0.6 is 12.2 Å². The third-order valence-corrected chi connectivity index (χ3v) is 2.21. The first-order chi connectivity index (χ1) is 8.47. The quantitative estimate of drug-likeness (QED) is 0.604. The summed E-state index contributed by atoms with van der Waals surface area (Å²) in [6, 6.07) is 9.30. The van der Waals surface area contributed by atoms with Gasteiger partial charge in [0.25, 0.3) is 0 Å². The number of hydrogen-bond donors (Lipinski definition) is 4. The van der Waals surface area contributed by atoms with Gasteiger partial charge in [-0.05, 0) is 24.2 Å². The lowest BCUT2D eigenvalue weighted by atomic mass is 10.2. The van der Waals surface area contributed by atoms with Crippen LogP contribution in [0.5, 0.6) is 0 Å². The van der Waals surface area contributed by atoms with E-state index in [0.29, 0.717) is 18.1 Å². The Balaban J connectivity index is 0.000000360. The van der Waals surface area contributed by atoms with Crippen molar-refractivity contribution in [1.82, 2.24) is 5.32 Å². The fourth-order valence-corrected chi connectivity index (χ4v) is 1.03. The molecule has 6 N–H and O–H groups in total. The van der Waals surface area contributed by atoms with Crippen LogP contribution in [0.1, 0.15) is 18.9 Å². The molecule has 1 unspecified atom stereocenters. The van der Waals surface area contributed by atoms with E-state index in [1.807, 2.05) is 30.3 Å². The molecule has 1 aromatic rings. The predicted octanol–water partition coefficient (Wildman–Crippen LogP) is 0.828. The van der Waals surface area contributed by atoms with Crippen LogP contribution < -0.4 is 16.8 Å². The summed E-state index contributed by atoms with van der Waals surface area (Å²) >= 11 is 4.66. The minimum Gasteiger partial charge on any atom is -0.480 e. The van der Waals surface area contributed by atoms with E-state index in [2.05, 4.69) is 17.5 Å². The summed E-state index contributed by atoms with van der Waals surface area (Å²) in [7, 11) is 0. The Labute approximate surface area is 112 Å². The first-order valence-electron chi connectivity index (χ1n) is 5.53. The minimum absolute atomic E-state index is 0.342. The summed E-state index contributed by atoms with van der Waals surface area (Å²) in [6.45, 7) is 2.44. The second-order valence-electron chi connectivity index (χ2n) is 3.56. The number of nitrogens with two attached hydrogens (primary N) is 2. The van der Waals surface area contributed by atoms with Crippen LogP contribution in [0.15, 0.2) is 30.3 Å². The molecular formula is C12H19N3O2S. The van der Waals surface area contributed by atoms with Crippen LogP contribution in [0.3, 0.4) is 0 Å². The number of carboxylic acids is 1. The Morgan fingerprint density at radius 3 is 2.33 bits per heavy atom. The van der Waals surface area contributed by atoms with Gasteiger partial charge in [-0.2, -0.15) is 0 Å². The molecule has 0 radical (unpaired) electrons. The van der Waals surface area contributed by atoms with E-state index >= 15 is 0 Å². The second-order valence-corrected chi connectivity index (χ2v) is 4.00. The Bertz CT molecular complexity index is 371. The average Bonchev–Trinajstić information content (AvgIpc) is 2.37. The molecule has 0 heterocycles. The molecule has 1 rings (SSSR count). The zero-order valence-corrected chi connectivity index (χ0v) is 11.1. The van der Waals surface area contributed by atoms with Gasteiger partial charge >= 0.3 is 5.97 Å². The van der Waals surface area contributed by atoms with E-state index in [9.17, 15) is 4.79 Å². The van der Waals surface area contributed by atoms with Gasteiger partial charge in [0.15, 0.2) is 5.11 Å². The molecule has 0 fully saturated rings. The third kappa shape index (κ3) is 8.49. The van der Waals surface area contributed by atoms with Gasteiger partial charge in [0.05, 0.1) is 0 Å². The van der Waals surface area contributed by atoms with E-state index in [1.165, 1.54) is 5.56 Å². The standard InChI is InChI=1S/C8H10N2S.C4H9NO2/c9-8(11)10-6-7-4-2-1-3-5-7;1-2-3(5)4(6)7/h1-5H,6H2,(H3,9,10,11);3H,2,5H2,1H3,(H,6,7). The van der Waals surface area contributed by atoms with Gasteiger partial charge in [-0.1, -0.05) is 37.3 Å². The highest BCUT2D eigenvalue weighted by Crippen LogP contribution is 1.96. The van der Waals surface area contributed by atoms with Gasteiger partial charge in [-0.15, -0.1) is 0 Å². The maximum absolute atomic E-state index is 9.81. The number of aliphatic carboxylic acids is 1. The van der Waals surface area contributed by atoms with Crippen molar-refractivity contribution >= 4 is 23.3 Å². The molecule has 0 aliphatic carbocycles. The minimum atomic E-state index is -0.928. The molecule has 1 atom stereocenters. The average molecular weight is 269 g/mol. The summed E-state index contributed by atoms with van der Waals surface area (Å²) in [4.78, 5) is 9.81. The lowest BCUT2D eigenvalue weighted by molar-refractivity contribution is -0.138. The van der Waals surface area contributed by atoms with Gasteiger partial charge in [0.1, 0.15) is 6.04 Å². The number of carbonyl (C=O) groups is 1. The highest BCUT2D eigenvalue weighted by molar-refractivity contribution is 7.80. The molecule has 0 bridgehead atoms. The van der Waals surface area contributed by atoms with Gasteiger partial charge < -0.3 is 21.9 Å². The van der Waals surface area contributed by atoms with E-state index in [1.54, 1.807) is 6.92 Å². The topological polar surface area (TPSA) is 101 Å². The van der Waals surface area contributed by atoms with E-state index in [4.69, 9.17) is 16.6 Å². The second kappa shape index (κ2) is 9.38. The van der Waals surface area contributed by atoms with Crippen LogP contribution in [0.25, 0.3) is 0 Å². The van der Waals surface area contributed by atoms with Crippen molar-refractivity contribution in [2.24, 2.45) is 11.5 Å². The Kier molecular flexibility index (Phi) is 8.51. The summed E-state index contributed by atoms with van der Waals surface area (Å²) in [6.07, 6.45) is 0.495. The lowest BCUT2D eigenvalue weighted by Crippen LogP contribution is -2.28. The molecule has 0 amide bonds. The van der Waals surface area contributed by atoms with Crippen LogP contribution in [0.2, 0.25) is 0 Å². The first-order valence-corrected chi connectivity index (χ1v) is 5.93. The fraction of sp³-hybridized carbons (Fsp3) is 0.333. The van der Waals surface area contributed by atoms with Crippen LogP contribution in [-0.4, -0.2) is 22.2 Å². The number of carboxylic acid groups (broad SMARTS) is 1. The number of nitrogens with one attached hydrogen (secondary N) is 1. The largest absolute Gasteiger partial charge is 0.480 e. The molecule has 6 heteroatoms. The maximum Gasteiger partial charge on any atom is 0.320 e. The number of hydrogen-bond acceptors (Lipinski definition) is 3. The smallest absolute Gasteiger partial charge is 0.320 e. The van der Waals surface area contributed by atoms with Crippen molar-refractivity contribution < 1.29 is 9.90 Å². The summed E-state index contributed by atoms with van der Waals surface area (Å²) < 4.78 is 0. The first kappa shape index (κ1) is 16.3. The SMILES string of the molecule is CCC(N)C(=O)O.NC(=S)NCc1ccccc1. The van der Waals surface area contributed by atoms with Gasteiger partial charge in [0, 0.05) is 6.54 Å². The van der Waals surface area contributed by atoms with Gasteiger partial charge in [-0.25, -0.2) is 0 Å². The van der Waals surface area contributed by atoms with Crippen LogP contribution in [-0.2, 0) is 11.3 Å². The van der Waals surface area contributed by atoms with E-state index < -0.39 is 12.0 Å². The fourth-order valence-electron chi connectivity index (χ4n) is 0.960. The van der Waals surface area contributed by atoms with E-state index in [-0.39, 0.29) is 0 Å². The van der Waals surface area contributed by atoms with Gasteiger partial charge in [-0.3, -0.25) is 4.79 Å². The third-order valence-electron chi connectivity index (χ3n) is 2.07. The van der Waals surface area contributed by atoms with Crippen LogP contribution in [0.4, 0.5) is 0 Å². The molecule has 5 nitrogen and oxygen atoms in total. The molecule has 0 aliphatic heterocycles. The molecule has 0 saturated carbocycles. The summed E-state index contributed by atoms with van der Waals surface area (Å²) in [5.74, 6) is -0.928. The number of thiocarbonyl (C=S) groups is 1. The summed E-state index contributed by atoms with van der Waals surface area (Å²) in [5.41, 5.74) is 11.5. The monoisotopic (exact) mass is 269 g/mol. The van der Waals surface area contributed by atoms with Crippen molar-refractivity contribution in [2.75, 3.05) is 0 Å². The molecule has 0 saturated heterocycles. The van der Waals surface area contributed by atoms with Crippen molar-refractivity contribution in [3.8, 4) is 0 Å². The van der Waals surface area contributed by atoms with Gasteiger partial charge in [0.2, 0.25) is 0 Å². The molecule has 0 aromatic heterocycles. The molecule has 0 aliphatic rings. The maximum atomic E-state index is 9.81. The Morgan fingerprint density at radius 2 is 2.00 bits per heavy atom. The van der Waals surface area contributed by atoms with Crippen molar-refractivity contribution in [2.45, 2.75) is 25.9 Å². The number of benzene rings is 1. The molecule has 0 spiro atoms. The van der Waals surface area contributed by atoms with Crippen molar-refractivity contribution in [3.63, 3.8) is 0 Å². The lowest BCUT2D eigenvalue weighted by Gasteiger charge is -2.02. The van der Waals surface area contributed by atoms with E-state index in [0.717, 1.165) is 0 Å². The Hall–Kier alpha value is -1.66. The normalized spacial score (nSPS) is 10.8. The molecule has 18 heavy (non-hydrogen) atoms. The molecule has 1 aromatic carbocycles. The number of rotatable bonds is 4. The van der Waals surface area contributed by atoms with Crippen LogP contribution in [0, 0.1) is 0 Å². The van der Waals surface area contributed by atoms with Crippen molar-refractivity contribution in [3.05, 3.63) is 35.9 Å². The predicted molar refractivity (Wildman–Crippen MR) is 76.0 cm³/mol. The molecular weight excluding hydrogens is 250 g/mol. The Morgan fingerprint density at radius 1 is 1.44 bits per heavy atom. The summed E-state index contributed by atoms with van der Waals surface area (Å²) in [5, 5.41) is 11.3. The molecule has 100 valence electrons. The zero-order chi connectivity index (χ0) is 14.0.